The van der Waals surface area contributed by atoms with Crippen LogP contribution in [0.5, 0.6) is 0 Å². The van der Waals surface area contributed by atoms with Crippen LogP contribution in [0.4, 0.5) is 5.69 Å². The first kappa shape index (κ1) is 15.8. The standard InChI is InChI=1S/C14H20N2O4S/c1-10-5-3-4-8-16(10)21(18,19)13-9-11(15)6-7-12(13)14(17)20-2/h6-7,9-10H,3-5,8,15H2,1-2H3. The van der Waals surface area contributed by atoms with Gasteiger partial charge in [-0.05, 0) is 38.0 Å². The van der Waals surface area contributed by atoms with E-state index in [0.29, 0.717) is 12.2 Å². The van der Waals surface area contributed by atoms with Gasteiger partial charge in [-0.1, -0.05) is 6.42 Å². The Morgan fingerprint density at radius 1 is 1.38 bits per heavy atom. The number of sulfonamides is 1. The molecule has 0 aromatic heterocycles. The highest BCUT2D eigenvalue weighted by Crippen LogP contribution is 2.28. The maximum Gasteiger partial charge on any atom is 0.339 e. The molecule has 1 aromatic carbocycles. The highest BCUT2D eigenvalue weighted by atomic mass is 32.2. The predicted molar refractivity (Wildman–Crippen MR) is 79.4 cm³/mol. The van der Waals surface area contributed by atoms with Gasteiger partial charge in [0.1, 0.15) is 0 Å². The van der Waals surface area contributed by atoms with Gasteiger partial charge in [-0.3, -0.25) is 0 Å². The second-order valence-corrected chi connectivity index (χ2v) is 7.07. The Labute approximate surface area is 124 Å². The lowest BCUT2D eigenvalue weighted by Gasteiger charge is -2.32. The number of nitrogens with zero attached hydrogens (tertiary/aromatic N) is 1. The zero-order valence-corrected chi connectivity index (χ0v) is 13.0. The quantitative estimate of drug-likeness (QED) is 0.676. The molecule has 0 aliphatic carbocycles. The number of hydrogen-bond donors (Lipinski definition) is 1. The lowest BCUT2D eigenvalue weighted by molar-refractivity contribution is 0.0596. The van der Waals surface area contributed by atoms with Crippen molar-refractivity contribution in [2.45, 2.75) is 37.1 Å². The summed E-state index contributed by atoms with van der Waals surface area (Å²) in [7, 11) is -2.55. The van der Waals surface area contributed by atoms with E-state index >= 15 is 0 Å². The topological polar surface area (TPSA) is 89.7 Å². The molecule has 0 saturated carbocycles. The number of esters is 1. The fourth-order valence-corrected chi connectivity index (χ4v) is 4.50. The lowest BCUT2D eigenvalue weighted by atomic mass is 10.1. The Kier molecular flexibility index (Phi) is 4.53. The summed E-state index contributed by atoms with van der Waals surface area (Å²) in [4.78, 5) is 11.7. The van der Waals surface area contributed by atoms with Crippen LogP contribution in [0.2, 0.25) is 0 Å². The summed E-state index contributed by atoms with van der Waals surface area (Å²) < 4.78 is 31.8. The Balaban J connectivity index is 2.53. The van der Waals surface area contributed by atoms with Gasteiger partial charge in [0, 0.05) is 18.3 Å². The molecular weight excluding hydrogens is 292 g/mol. The SMILES string of the molecule is COC(=O)c1ccc(N)cc1S(=O)(=O)N1CCCCC1C. The summed E-state index contributed by atoms with van der Waals surface area (Å²) in [6, 6.07) is 4.12. The molecule has 0 amide bonds. The monoisotopic (exact) mass is 312 g/mol. The largest absolute Gasteiger partial charge is 0.465 e. The van der Waals surface area contributed by atoms with E-state index in [1.807, 2.05) is 6.92 Å². The van der Waals surface area contributed by atoms with Crippen LogP contribution in [0.15, 0.2) is 23.1 Å². The second kappa shape index (κ2) is 6.03. The predicted octanol–water partition coefficient (Wildman–Crippen LogP) is 1.62. The van der Waals surface area contributed by atoms with E-state index in [2.05, 4.69) is 4.74 Å². The number of hydrogen-bond acceptors (Lipinski definition) is 5. The zero-order chi connectivity index (χ0) is 15.6. The lowest BCUT2D eigenvalue weighted by Crippen LogP contribution is -2.42. The molecule has 1 heterocycles. The van der Waals surface area contributed by atoms with E-state index in [0.717, 1.165) is 19.3 Å². The molecule has 0 radical (unpaired) electrons. The minimum Gasteiger partial charge on any atom is -0.465 e. The number of carbonyl (C=O) groups excluding carboxylic acids is 1. The van der Waals surface area contributed by atoms with Gasteiger partial charge < -0.3 is 10.5 Å². The third kappa shape index (κ3) is 3.03. The first-order valence-corrected chi connectivity index (χ1v) is 8.31. The van der Waals surface area contributed by atoms with Gasteiger partial charge in [-0.25, -0.2) is 13.2 Å². The number of ether oxygens (including phenoxy) is 1. The fourth-order valence-electron chi connectivity index (χ4n) is 2.59. The molecule has 1 saturated heterocycles. The molecular formula is C14H20N2O4S. The van der Waals surface area contributed by atoms with Crippen LogP contribution in [0, 0.1) is 0 Å². The Morgan fingerprint density at radius 2 is 2.10 bits per heavy atom. The number of nitrogen functional groups attached to an aromatic ring is 1. The number of piperidine rings is 1. The van der Waals surface area contributed by atoms with Crippen molar-refractivity contribution in [3.05, 3.63) is 23.8 Å². The summed E-state index contributed by atoms with van der Waals surface area (Å²) in [5.41, 5.74) is 6.01. The van der Waals surface area contributed by atoms with Crippen molar-refractivity contribution in [3.8, 4) is 0 Å². The van der Waals surface area contributed by atoms with Crippen molar-refractivity contribution in [2.24, 2.45) is 0 Å². The third-order valence-electron chi connectivity index (χ3n) is 3.74. The number of rotatable bonds is 3. The van der Waals surface area contributed by atoms with Crippen LogP contribution in [-0.2, 0) is 14.8 Å². The van der Waals surface area contributed by atoms with Crippen LogP contribution in [0.1, 0.15) is 36.5 Å². The van der Waals surface area contributed by atoms with Crippen molar-refractivity contribution in [3.63, 3.8) is 0 Å². The van der Waals surface area contributed by atoms with E-state index in [1.54, 1.807) is 0 Å². The Morgan fingerprint density at radius 3 is 2.71 bits per heavy atom. The summed E-state index contributed by atoms with van der Waals surface area (Å²) in [6.07, 6.45) is 2.64. The maximum absolute atomic E-state index is 12.9. The molecule has 0 bridgehead atoms. The molecule has 21 heavy (non-hydrogen) atoms. The van der Waals surface area contributed by atoms with Crippen LogP contribution >= 0.6 is 0 Å². The van der Waals surface area contributed by atoms with Crippen molar-refractivity contribution < 1.29 is 17.9 Å². The van der Waals surface area contributed by atoms with Gasteiger partial charge >= 0.3 is 5.97 Å². The molecule has 1 aliphatic rings. The molecule has 0 spiro atoms. The molecule has 1 aliphatic heterocycles. The van der Waals surface area contributed by atoms with E-state index < -0.39 is 16.0 Å². The average Bonchev–Trinajstić information content (AvgIpc) is 2.46. The third-order valence-corrected chi connectivity index (χ3v) is 5.79. The van der Waals surface area contributed by atoms with Crippen molar-refractivity contribution in [1.29, 1.82) is 0 Å². The molecule has 6 nitrogen and oxygen atoms in total. The van der Waals surface area contributed by atoms with E-state index in [4.69, 9.17) is 5.73 Å². The van der Waals surface area contributed by atoms with Gasteiger partial charge in [-0.2, -0.15) is 4.31 Å². The van der Waals surface area contributed by atoms with E-state index in [-0.39, 0.29) is 16.5 Å². The zero-order valence-electron chi connectivity index (χ0n) is 12.2. The number of benzene rings is 1. The Bertz CT molecular complexity index is 642. The highest BCUT2D eigenvalue weighted by molar-refractivity contribution is 7.89. The van der Waals surface area contributed by atoms with Crippen LogP contribution in [-0.4, -0.2) is 38.4 Å². The number of nitrogens with two attached hydrogens (primary N) is 1. The number of methoxy groups -OCH3 is 1. The molecule has 2 rings (SSSR count). The molecule has 1 aromatic rings. The summed E-state index contributed by atoms with van der Waals surface area (Å²) in [5, 5.41) is 0. The molecule has 2 N–H and O–H groups in total. The molecule has 1 unspecified atom stereocenters. The number of carbonyl (C=O) groups is 1. The van der Waals surface area contributed by atoms with Crippen LogP contribution in [0.3, 0.4) is 0 Å². The Hall–Kier alpha value is -1.60. The molecule has 1 fully saturated rings. The van der Waals surface area contributed by atoms with Gasteiger partial charge in [0.2, 0.25) is 10.0 Å². The smallest absolute Gasteiger partial charge is 0.339 e. The van der Waals surface area contributed by atoms with Gasteiger partial charge in [0.05, 0.1) is 17.6 Å². The average molecular weight is 312 g/mol. The first-order chi connectivity index (χ1) is 9.87. The van der Waals surface area contributed by atoms with Crippen molar-refractivity contribution in [2.75, 3.05) is 19.4 Å². The minimum atomic E-state index is -3.77. The molecule has 1 atom stereocenters. The second-order valence-electron chi connectivity index (χ2n) is 5.21. The van der Waals surface area contributed by atoms with Crippen LogP contribution < -0.4 is 5.73 Å². The van der Waals surface area contributed by atoms with E-state index in [9.17, 15) is 13.2 Å². The van der Waals surface area contributed by atoms with Crippen LogP contribution in [0.25, 0.3) is 0 Å². The first-order valence-electron chi connectivity index (χ1n) is 6.87. The molecule has 7 heteroatoms. The summed E-state index contributed by atoms with van der Waals surface area (Å²) >= 11 is 0. The summed E-state index contributed by atoms with van der Waals surface area (Å²) in [6.45, 7) is 2.33. The summed E-state index contributed by atoms with van der Waals surface area (Å²) in [5.74, 6) is -0.682. The van der Waals surface area contributed by atoms with Gasteiger partial charge in [0.15, 0.2) is 0 Å². The van der Waals surface area contributed by atoms with E-state index in [1.165, 1.54) is 29.6 Å². The van der Waals surface area contributed by atoms with Gasteiger partial charge in [-0.15, -0.1) is 0 Å². The minimum absolute atomic E-state index is 0.0180. The molecule has 116 valence electrons. The van der Waals surface area contributed by atoms with Crippen molar-refractivity contribution >= 4 is 21.7 Å². The maximum atomic E-state index is 12.9. The normalized spacial score (nSPS) is 20.2. The van der Waals surface area contributed by atoms with Crippen molar-refractivity contribution in [1.82, 2.24) is 4.31 Å². The highest BCUT2D eigenvalue weighted by Gasteiger charge is 2.34. The fraction of sp³-hybridized carbons (Fsp3) is 0.500. The number of anilines is 1. The van der Waals surface area contributed by atoms with Gasteiger partial charge in [0.25, 0.3) is 0 Å².